The van der Waals surface area contributed by atoms with Crippen LogP contribution in [0.1, 0.15) is 44.3 Å². The molecule has 27 heavy (non-hydrogen) atoms. The second kappa shape index (κ2) is 11.2. The number of aryl methyl sites for hydroxylation is 1. The number of nitrogens with zero attached hydrogens (tertiary/aromatic N) is 5. The van der Waals surface area contributed by atoms with Crippen LogP contribution in [0.4, 0.5) is 0 Å². The van der Waals surface area contributed by atoms with Gasteiger partial charge in [0.25, 0.3) is 0 Å². The summed E-state index contributed by atoms with van der Waals surface area (Å²) in [5, 5.41) is 11.9. The number of aliphatic imine (C=N–C) groups is 1. The predicted octanol–water partition coefficient (Wildman–Crippen LogP) is 1.87. The summed E-state index contributed by atoms with van der Waals surface area (Å²) in [5.74, 6) is 2.71. The number of morpholine rings is 1. The van der Waals surface area contributed by atoms with Crippen LogP contribution in [0.2, 0.25) is 0 Å². The Balaban J connectivity index is 0.00000261. The highest BCUT2D eigenvalue weighted by molar-refractivity contribution is 14.0. The zero-order valence-electron chi connectivity index (χ0n) is 16.7. The summed E-state index contributed by atoms with van der Waals surface area (Å²) >= 11 is 0. The van der Waals surface area contributed by atoms with E-state index in [9.17, 15) is 0 Å². The van der Waals surface area contributed by atoms with Gasteiger partial charge in [0.2, 0.25) is 0 Å². The second-order valence-electron chi connectivity index (χ2n) is 7.05. The van der Waals surface area contributed by atoms with Gasteiger partial charge in [-0.2, -0.15) is 0 Å². The summed E-state index contributed by atoms with van der Waals surface area (Å²) in [5.41, 5.74) is 0. The van der Waals surface area contributed by atoms with E-state index in [2.05, 4.69) is 27.3 Å². The number of unbranched alkanes of at least 4 members (excludes halogenated alkanes) is 1. The van der Waals surface area contributed by atoms with Gasteiger partial charge in [-0.25, -0.2) is 4.99 Å². The monoisotopic (exact) mass is 492 g/mol. The lowest BCUT2D eigenvalue weighted by Gasteiger charge is -2.37. The minimum absolute atomic E-state index is 0. The Morgan fingerprint density at radius 3 is 2.74 bits per heavy atom. The van der Waals surface area contributed by atoms with E-state index in [0.29, 0.717) is 13.2 Å². The summed E-state index contributed by atoms with van der Waals surface area (Å²) in [6.07, 6.45) is 4.85. The molecule has 2 saturated heterocycles. The van der Waals surface area contributed by atoms with Crippen molar-refractivity contribution >= 4 is 29.9 Å². The van der Waals surface area contributed by atoms with Crippen molar-refractivity contribution < 1.29 is 9.47 Å². The van der Waals surface area contributed by atoms with Crippen LogP contribution in [0.5, 0.6) is 0 Å². The maximum atomic E-state index is 5.98. The van der Waals surface area contributed by atoms with E-state index < -0.39 is 0 Å². The molecule has 0 spiro atoms. The minimum atomic E-state index is 0. The van der Waals surface area contributed by atoms with E-state index in [1.54, 1.807) is 0 Å². The van der Waals surface area contributed by atoms with Gasteiger partial charge in [-0.05, 0) is 26.2 Å². The van der Waals surface area contributed by atoms with Gasteiger partial charge in [0.1, 0.15) is 18.5 Å². The predicted molar refractivity (Wildman–Crippen MR) is 115 cm³/mol. The molecule has 9 heteroatoms. The molecule has 0 aliphatic carbocycles. The third kappa shape index (κ3) is 6.02. The van der Waals surface area contributed by atoms with E-state index in [-0.39, 0.29) is 36.2 Å². The molecule has 2 aliphatic rings. The molecule has 2 atom stereocenters. The third-order valence-electron chi connectivity index (χ3n) is 5.14. The quantitative estimate of drug-likeness (QED) is 0.283. The second-order valence-corrected chi connectivity index (χ2v) is 7.05. The van der Waals surface area contributed by atoms with Crippen molar-refractivity contribution in [2.24, 2.45) is 12.0 Å². The van der Waals surface area contributed by atoms with Gasteiger partial charge in [0, 0.05) is 33.3 Å². The molecule has 3 rings (SSSR count). The summed E-state index contributed by atoms with van der Waals surface area (Å²) in [6, 6.07) is 0. The topological polar surface area (TPSA) is 76.8 Å². The third-order valence-corrected chi connectivity index (χ3v) is 5.14. The highest BCUT2D eigenvalue weighted by atomic mass is 127. The fourth-order valence-corrected chi connectivity index (χ4v) is 3.37. The average molecular weight is 492 g/mol. The molecule has 0 bridgehead atoms. The number of halogens is 1. The van der Waals surface area contributed by atoms with Crippen LogP contribution in [0.3, 0.4) is 0 Å². The molecule has 8 nitrogen and oxygen atoms in total. The zero-order valence-corrected chi connectivity index (χ0v) is 19.0. The average Bonchev–Trinajstić information content (AvgIpc) is 3.30. The largest absolute Gasteiger partial charge is 0.375 e. The van der Waals surface area contributed by atoms with E-state index >= 15 is 0 Å². The van der Waals surface area contributed by atoms with Gasteiger partial charge in [0.05, 0.1) is 12.7 Å². The number of ether oxygens (including phenoxy) is 2. The number of nitrogens with one attached hydrogen (secondary N) is 1. The first-order chi connectivity index (χ1) is 12.7. The molecule has 0 aromatic carbocycles. The van der Waals surface area contributed by atoms with Gasteiger partial charge >= 0.3 is 0 Å². The summed E-state index contributed by atoms with van der Waals surface area (Å²) in [4.78, 5) is 7.14. The summed E-state index contributed by atoms with van der Waals surface area (Å²) in [7, 11) is 1.98. The molecule has 0 radical (unpaired) electrons. The maximum Gasteiger partial charge on any atom is 0.194 e. The normalized spacial score (nSPS) is 23.4. The van der Waals surface area contributed by atoms with Crippen LogP contribution in [0.25, 0.3) is 0 Å². The minimum Gasteiger partial charge on any atom is -0.375 e. The van der Waals surface area contributed by atoms with Gasteiger partial charge in [0.15, 0.2) is 11.8 Å². The lowest BCUT2D eigenvalue weighted by molar-refractivity contribution is -0.0817. The first kappa shape index (κ1) is 22.4. The number of hydrogen-bond acceptors (Lipinski definition) is 5. The molecule has 3 heterocycles. The Labute approximate surface area is 179 Å². The van der Waals surface area contributed by atoms with E-state index in [4.69, 9.17) is 14.5 Å². The lowest BCUT2D eigenvalue weighted by Crippen LogP contribution is -2.53. The van der Waals surface area contributed by atoms with Gasteiger partial charge < -0.3 is 24.3 Å². The number of hydrogen-bond donors (Lipinski definition) is 1. The maximum absolute atomic E-state index is 5.98. The van der Waals surface area contributed by atoms with Crippen LogP contribution in [0, 0.1) is 6.92 Å². The molecule has 1 aromatic rings. The molecular weight excluding hydrogens is 459 g/mol. The van der Waals surface area contributed by atoms with Gasteiger partial charge in [-0.3, -0.25) is 0 Å². The van der Waals surface area contributed by atoms with Gasteiger partial charge in [-0.15, -0.1) is 34.2 Å². The van der Waals surface area contributed by atoms with E-state index in [1.165, 1.54) is 0 Å². The van der Waals surface area contributed by atoms with Crippen molar-refractivity contribution in [2.75, 3.05) is 32.8 Å². The smallest absolute Gasteiger partial charge is 0.194 e. The molecule has 1 aromatic heterocycles. The Kier molecular flexibility index (Phi) is 9.24. The van der Waals surface area contributed by atoms with E-state index in [0.717, 1.165) is 69.5 Å². The van der Waals surface area contributed by atoms with Crippen molar-refractivity contribution in [3.05, 3.63) is 11.6 Å². The highest BCUT2D eigenvalue weighted by Gasteiger charge is 2.32. The fraction of sp³-hybridized carbons (Fsp3) is 0.833. The van der Waals surface area contributed by atoms with Crippen molar-refractivity contribution in [3.63, 3.8) is 0 Å². The van der Waals surface area contributed by atoms with Crippen LogP contribution in [0.15, 0.2) is 4.99 Å². The van der Waals surface area contributed by atoms with Crippen molar-refractivity contribution in [1.29, 1.82) is 0 Å². The summed E-state index contributed by atoms with van der Waals surface area (Å²) < 4.78 is 13.8. The standard InChI is InChI=1S/C18H32N6O2.HI/c1-4-5-8-19-18(20-12-17-22-21-14(2)23(17)3)24-9-11-26-16(13-24)15-7-6-10-25-15;/h15-16H,4-13H2,1-3H3,(H,19,20);1H. The molecule has 2 unspecified atom stereocenters. The first-order valence-corrected chi connectivity index (χ1v) is 9.80. The number of guanidine groups is 1. The molecule has 0 saturated carbocycles. The molecule has 2 aliphatic heterocycles. The molecule has 154 valence electrons. The van der Waals surface area contributed by atoms with Crippen LogP contribution >= 0.6 is 24.0 Å². The Morgan fingerprint density at radius 2 is 2.07 bits per heavy atom. The SMILES string of the molecule is CCCCNC(=NCc1nnc(C)n1C)N1CCOC(C2CCCO2)C1.I. The lowest BCUT2D eigenvalue weighted by atomic mass is 10.1. The number of aromatic nitrogens is 3. The Hall–Kier alpha value is -0.940. The zero-order chi connectivity index (χ0) is 18.4. The molecule has 0 amide bonds. The first-order valence-electron chi connectivity index (χ1n) is 9.80. The van der Waals surface area contributed by atoms with Crippen molar-refractivity contribution in [1.82, 2.24) is 25.0 Å². The Bertz CT molecular complexity index is 603. The van der Waals surface area contributed by atoms with Crippen LogP contribution in [-0.2, 0) is 23.1 Å². The molecular formula is C18H33IN6O2. The number of rotatable bonds is 6. The Morgan fingerprint density at radius 1 is 1.26 bits per heavy atom. The molecule has 2 fully saturated rings. The fourth-order valence-electron chi connectivity index (χ4n) is 3.37. The molecule has 1 N–H and O–H groups in total. The van der Waals surface area contributed by atoms with Crippen molar-refractivity contribution in [2.45, 2.75) is 58.3 Å². The van der Waals surface area contributed by atoms with Gasteiger partial charge in [-0.1, -0.05) is 13.3 Å². The van der Waals surface area contributed by atoms with Crippen molar-refractivity contribution in [3.8, 4) is 0 Å². The van der Waals surface area contributed by atoms with Crippen LogP contribution < -0.4 is 5.32 Å². The van der Waals surface area contributed by atoms with Crippen LogP contribution in [-0.4, -0.2) is 70.7 Å². The highest BCUT2D eigenvalue weighted by Crippen LogP contribution is 2.21. The van der Waals surface area contributed by atoms with E-state index in [1.807, 2.05) is 18.5 Å². The summed E-state index contributed by atoms with van der Waals surface area (Å²) in [6.45, 7) is 8.83.